The Hall–Kier alpha value is -2.90. The summed E-state index contributed by atoms with van der Waals surface area (Å²) in [6.45, 7) is 0. The van der Waals surface area contributed by atoms with Crippen molar-refractivity contribution in [2.75, 3.05) is 0 Å². The summed E-state index contributed by atoms with van der Waals surface area (Å²) >= 11 is 0. The SMILES string of the molecule is O=Cc1ccc(C(=O)O)c2c(C3CCC(C(F)(F)F)CC3)ccc(C(=O)O)c12. The Bertz CT molecular complexity index is 956. The summed E-state index contributed by atoms with van der Waals surface area (Å²) in [5.74, 6) is -4.35. The molecule has 2 aromatic rings. The number of benzene rings is 2. The zero-order chi connectivity index (χ0) is 20.6. The lowest BCUT2D eigenvalue weighted by molar-refractivity contribution is -0.182. The number of carbonyl (C=O) groups is 3. The molecule has 8 heteroatoms. The number of carbonyl (C=O) groups excluding carboxylic acids is 1. The number of halogens is 3. The number of rotatable bonds is 4. The standard InChI is InChI=1S/C20H17F3O5/c21-20(22,23)12-4-1-10(2-5-12)13-7-8-14(18(25)26)16-11(9-24)3-6-15(17(13)16)19(27)28/h3,6-10,12H,1-2,4-5H2,(H,25,26)(H,27,28). The van der Waals surface area contributed by atoms with E-state index in [0.717, 1.165) is 0 Å². The van der Waals surface area contributed by atoms with Gasteiger partial charge in [-0.25, -0.2) is 9.59 Å². The fraction of sp³-hybridized carbons (Fsp3) is 0.350. The Balaban J connectivity index is 2.19. The van der Waals surface area contributed by atoms with Gasteiger partial charge < -0.3 is 10.2 Å². The van der Waals surface area contributed by atoms with Gasteiger partial charge in [0, 0.05) is 16.3 Å². The minimum atomic E-state index is -4.27. The third-order valence-electron chi connectivity index (χ3n) is 5.44. The largest absolute Gasteiger partial charge is 0.478 e. The molecule has 148 valence electrons. The van der Waals surface area contributed by atoms with E-state index < -0.39 is 24.0 Å². The van der Waals surface area contributed by atoms with Crippen LogP contribution in [0.15, 0.2) is 24.3 Å². The van der Waals surface area contributed by atoms with Crippen molar-refractivity contribution in [1.82, 2.24) is 0 Å². The lowest BCUT2D eigenvalue weighted by Gasteiger charge is -2.31. The van der Waals surface area contributed by atoms with Crippen molar-refractivity contribution in [3.63, 3.8) is 0 Å². The summed E-state index contributed by atoms with van der Waals surface area (Å²) in [7, 11) is 0. The van der Waals surface area contributed by atoms with E-state index in [1.165, 1.54) is 24.3 Å². The maximum absolute atomic E-state index is 13.0. The Morgan fingerprint density at radius 2 is 1.43 bits per heavy atom. The number of aldehydes is 1. The number of carboxylic acids is 2. The van der Waals surface area contributed by atoms with Crippen LogP contribution in [-0.2, 0) is 0 Å². The molecule has 0 radical (unpaired) electrons. The number of hydrogen-bond donors (Lipinski definition) is 2. The maximum Gasteiger partial charge on any atom is 0.391 e. The van der Waals surface area contributed by atoms with Gasteiger partial charge in [-0.05, 0) is 49.3 Å². The van der Waals surface area contributed by atoms with E-state index in [1.54, 1.807) is 0 Å². The van der Waals surface area contributed by atoms with Gasteiger partial charge in [0.15, 0.2) is 6.29 Å². The molecule has 1 aliphatic rings. The summed E-state index contributed by atoms with van der Waals surface area (Å²) in [4.78, 5) is 34.8. The van der Waals surface area contributed by atoms with Gasteiger partial charge in [-0.15, -0.1) is 0 Å². The highest BCUT2D eigenvalue weighted by Gasteiger charge is 2.42. The number of carboxylic acid groups (broad SMARTS) is 2. The van der Waals surface area contributed by atoms with Gasteiger partial charge in [0.05, 0.1) is 17.0 Å². The van der Waals surface area contributed by atoms with Crippen LogP contribution in [0.25, 0.3) is 10.8 Å². The van der Waals surface area contributed by atoms with Crippen molar-refractivity contribution >= 4 is 29.0 Å². The number of fused-ring (bicyclic) bond motifs is 1. The third-order valence-corrected chi connectivity index (χ3v) is 5.44. The van der Waals surface area contributed by atoms with E-state index in [0.29, 0.717) is 11.8 Å². The molecule has 28 heavy (non-hydrogen) atoms. The van der Waals surface area contributed by atoms with Crippen molar-refractivity contribution in [1.29, 1.82) is 0 Å². The summed E-state index contributed by atoms with van der Waals surface area (Å²) in [6, 6.07) is 5.22. The van der Waals surface area contributed by atoms with Crippen molar-refractivity contribution < 1.29 is 37.8 Å². The van der Waals surface area contributed by atoms with Gasteiger partial charge in [-0.3, -0.25) is 4.79 Å². The molecule has 0 bridgehead atoms. The first-order valence-electron chi connectivity index (χ1n) is 8.73. The lowest BCUT2D eigenvalue weighted by atomic mass is 9.76. The Morgan fingerprint density at radius 3 is 1.93 bits per heavy atom. The van der Waals surface area contributed by atoms with E-state index in [-0.39, 0.29) is 59.1 Å². The van der Waals surface area contributed by atoms with Crippen molar-refractivity contribution in [3.8, 4) is 0 Å². The van der Waals surface area contributed by atoms with Crippen LogP contribution in [-0.4, -0.2) is 34.6 Å². The van der Waals surface area contributed by atoms with Gasteiger partial charge in [0.25, 0.3) is 0 Å². The third kappa shape index (κ3) is 3.46. The number of hydrogen-bond acceptors (Lipinski definition) is 3. The Kier molecular flexibility index (Phi) is 5.14. The highest BCUT2D eigenvalue weighted by molar-refractivity contribution is 6.16. The average molecular weight is 394 g/mol. The first-order valence-corrected chi connectivity index (χ1v) is 8.73. The monoisotopic (exact) mass is 394 g/mol. The second kappa shape index (κ2) is 7.26. The van der Waals surface area contributed by atoms with Crippen LogP contribution < -0.4 is 0 Å². The minimum absolute atomic E-state index is 0.0119. The van der Waals surface area contributed by atoms with E-state index in [4.69, 9.17) is 0 Å². The first-order chi connectivity index (χ1) is 13.1. The zero-order valence-electron chi connectivity index (χ0n) is 14.6. The summed E-state index contributed by atoms with van der Waals surface area (Å²) in [5.41, 5.74) is 0.120. The Labute approximate surface area is 157 Å². The van der Waals surface area contributed by atoms with Gasteiger partial charge in [-0.1, -0.05) is 12.1 Å². The molecule has 0 aliphatic heterocycles. The predicted octanol–water partition coefficient (Wildman–Crippen LogP) is 4.88. The molecule has 2 aromatic carbocycles. The van der Waals surface area contributed by atoms with Crippen molar-refractivity contribution in [2.45, 2.75) is 37.8 Å². The molecular weight excluding hydrogens is 377 g/mol. The molecule has 1 fully saturated rings. The van der Waals surface area contributed by atoms with E-state index >= 15 is 0 Å². The molecule has 0 saturated heterocycles. The average Bonchev–Trinajstić information content (AvgIpc) is 2.65. The van der Waals surface area contributed by atoms with E-state index in [9.17, 15) is 37.8 Å². The summed E-state index contributed by atoms with van der Waals surface area (Å²) in [6.07, 6.45) is -3.56. The van der Waals surface area contributed by atoms with Crippen LogP contribution in [0.2, 0.25) is 0 Å². The minimum Gasteiger partial charge on any atom is -0.478 e. The normalized spacial score (nSPS) is 20.1. The number of alkyl halides is 3. The molecule has 0 unspecified atom stereocenters. The molecule has 0 aromatic heterocycles. The summed E-state index contributed by atoms with van der Waals surface area (Å²) < 4.78 is 38.9. The fourth-order valence-electron chi connectivity index (χ4n) is 4.08. The molecule has 0 spiro atoms. The van der Waals surface area contributed by atoms with Crippen LogP contribution >= 0.6 is 0 Å². The molecule has 5 nitrogen and oxygen atoms in total. The maximum atomic E-state index is 13.0. The first kappa shape index (κ1) is 19.9. The molecular formula is C20H17F3O5. The molecule has 0 amide bonds. The van der Waals surface area contributed by atoms with Gasteiger partial charge in [0.1, 0.15) is 0 Å². The topological polar surface area (TPSA) is 91.7 Å². The van der Waals surface area contributed by atoms with Crippen molar-refractivity contribution in [2.24, 2.45) is 5.92 Å². The van der Waals surface area contributed by atoms with E-state index in [1.807, 2.05) is 0 Å². The van der Waals surface area contributed by atoms with Crippen LogP contribution in [0.4, 0.5) is 13.2 Å². The predicted molar refractivity (Wildman–Crippen MR) is 94.0 cm³/mol. The quantitative estimate of drug-likeness (QED) is 0.721. The van der Waals surface area contributed by atoms with E-state index in [2.05, 4.69) is 0 Å². The van der Waals surface area contributed by atoms with Crippen molar-refractivity contribution in [3.05, 3.63) is 46.5 Å². The van der Waals surface area contributed by atoms with Gasteiger partial charge >= 0.3 is 18.1 Å². The molecule has 1 saturated carbocycles. The highest BCUT2D eigenvalue weighted by atomic mass is 19.4. The Morgan fingerprint density at radius 1 is 0.893 bits per heavy atom. The summed E-state index contributed by atoms with van der Waals surface area (Å²) in [5, 5.41) is 19.2. The van der Waals surface area contributed by atoms with Gasteiger partial charge in [-0.2, -0.15) is 13.2 Å². The second-order valence-electron chi connectivity index (χ2n) is 6.97. The molecule has 1 aliphatic carbocycles. The number of aromatic carboxylic acids is 2. The molecule has 3 rings (SSSR count). The van der Waals surface area contributed by atoms with Gasteiger partial charge in [0.2, 0.25) is 0 Å². The smallest absolute Gasteiger partial charge is 0.391 e. The van der Waals surface area contributed by atoms with Crippen LogP contribution in [0.1, 0.15) is 68.2 Å². The van der Waals surface area contributed by atoms with Crippen LogP contribution in [0.5, 0.6) is 0 Å². The zero-order valence-corrected chi connectivity index (χ0v) is 14.6. The lowest BCUT2D eigenvalue weighted by Crippen LogP contribution is -2.27. The second-order valence-corrected chi connectivity index (χ2v) is 6.97. The van der Waals surface area contributed by atoms with Crippen LogP contribution in [0.3, 0.4) is 0 Å². The molecule has 2 N–H and O–H groups in total. The highest BCUT2D eigenvalue weighted by Crippen LogP contribution is 2.45. The molecule has 0 heterocycles. The fourth-order valence-corrected chi connectivity index (χ4v) is 4.08. The van der Waals surface area contributed by atoms with Crippen LogP contribution in [0, 0.1) is 5.92 Å². The molecule has 0 atom stereocenters.